The van der Waals surface area contributed by atoms with Gasteiger partial charge >= 0.3 is 0 Å². The molecule has 1 rings (SSSR count). The normalized spacial score (nSPS) is 11.0. The number of carbonyl (C=O) groups excluding carboxylic acids is 2. The Morgan fingerprint density at radius 2 is 1.83 bits per heavy atom. The molecule has 0 aliphatic heterocycles. The number of nitrogens with one attached hydrogen (secondary N) is 1. The van der Waals surface area contributed by atoms with E-state index < -0.39 is 0 Å². The Morgan fingerprint density at radius 3 is 2.58 bits per heavy atom. The number of hydrogen-bond acceptors (Lipinski definition) is 3. The predicted octanol–water partition coefficient (Wildman–Crippen LogP) is 5.86. The van der Waals surface area contributed by atoms with Gasteiger partial charge in [0.15, 0.2) is 0 Å². The van der Waals surface area contributed by atoms with Crippen molar-refractivity contribution < 1.29 is 9.59 Å². The van der Waals surface area contributed by atoms with Crippen molar-refractivity contribution in [1.29, 1.82) is 0 Å². The van der Waals surface area contributed by atoms with Crippen LogP contribution >= 0.6 is 35.0 Å². The van der Waals surface area contributed by atoms with E-state index in [0.717, 1.165) is 24.6 Å². The minimum absolute atomic E-state index is 0.193. The highest BCUT2D eigenvalue weighted by Gasteiger charge is 2.12. The lowest BCUT2D eigenvalue weighted by Gasteiger charge is -2.03. The molecule has 0 unspecified atom stereocenters. The summed E-state index contributed by atoms with van der Waals surface area (Å²) in [4.78, 5) is 23.7. The molecule has 0 heterocycles. The average Bonchev–Trinajstić information content (AvgIpc) is 2.56. The number of halogens is 2. The lowest BCUT2D eigenvalue weighted by molar-refractivity contribution is -0.116. The van der Waals surface area contributed by atoms with Crippen LogP contribution in [0.15, 0.2) is 29.7 Å². The van der Waals surface area contributed by atoms with Gasteiger partial charge in [-0.15, -0.1) is 0 Å². The third-order valence-corrected chi connectivity index (χ3v) is 4.92. The summed E-state index contributed by atoms with van der Waals surface area (Å²) in [5.74, 6) is -0.193. The van der Waals surface area contributed by atoms with Gasteiger partial charge in [0.05, 0.1) is 10.0 Å². The molecule has 0 spiro atoms. The maximum atomic E-state index is 12.0. The molecule has 3 nitrogen and oxygen atoms in total. The first-order valence-corrected chi connectivity index (χ1v) is 9.79. The number of amides is 1. The molecule has 132 valence electrons. The zero-order valence-corrected chi connectivity index (χ0v) is 16.1. The van der Waals surface area contributed by atoms with Gasteiger partial charge in [0.1, 0.15) is 0 Å². The summed E-state index contributed by atoms with van der Waals surface area (Å²) in [7, 11) is 0. The Balaban J connectivity index is 2.25. The number of rotatable bonds is 10. The van der Waals surface area contributed by atoms with Crippen LogP contribution in [-0.4, -0.2) is 17.6 Å². The molecule has 6 heteroatoms. The van der Waals surface area contributed by atoms with Gasteiger partial charge in [-0.3, -0.25) is 9.59 Å². The fraction of sp³-hybridized carbons (Fsp3) is 0.444. The van der Waals surface area contributed by atoms with Crippen LogP contribution in [0.25, 0.3) is 0 Å². The minimum Gasteiger partial charge on any atom is -0.353 e. The van der Waals surface area contributed by atoms with Gasteiger partial charge in [-0.1, -0.05) is 80.1 Å². The molecule has 0 atom stereocenters. The molecule has 1 N–H and O–H groups in total. The van der Waals surface area contributed by atoms with Gasteiger partial charge < -0.3 is 5.32 Å². The second-order valence-electron chi connectivity index (χ2n) is 5.37. The highest BCUT2D eigenvalue weighted by molar-refractivity contribution is 8.16. The van der Waals surface area contributed by atoms with E-state index >= 15 is 0 Å². The summed E-state index contributed by atoms with van der Waals surface area (Å²) >= 11 is 12.8. The monoisotopic (exact) mass is 387 g/mol. The Bertz CT molecular complexity index is 576. The van der Waals surface area contributed by atoms with Crippen LogP contribution in [0.3, 0.4) is 0 Å². The molecule has 1 aromatic rings. The van der Waals surface area contributed by atoms with E-state index in [1.54, 1.807) is 18.2 Å². The summed E-state index contributed by atoms with van der Waals surface area (Å²) in [5.41, 5.74) is 0.339. The average molecular weight is 388 g/mol. The highest BCUT2D eigenvalue weighted by Crippen LogP contribution is 2.28. The van der Waals surface area contributed by atoms with E-state index in [0.29, 0.717) is 17.1 Å². The summed E-state index contributed by atoms with van der Waals surface area (Å²) < 4.78 is 0. The van der Waals surface area contributed by atoms with Crippen LogP contribution in [0.2, 0.25) is 10.0 Å². The zero-order valence-electron chi connectivity index (χ0n) is 13.8. The number of benzene rings is 1. The van der Waals surface area contributed by atoms with Crippen molar-refractivity contribution in [2.45, 2.75) is 45.4 Å². The lowest BCUT2D eigenvalue weighted by atomic mass is 10.1. The fourth-order valence-corrected chi connectivity index (χ4v) is 3.11. The Morgan fingerprint density at radius 1 is 1.12 bits per heavy atom. The van der Waals surface area contributed by atoms with Crippen LogP contribution in [0.1, 0.15) is 55.8 Å². The maximum Gasteiger partial charge on any atom is 0.244 e. The van der Waals surface area contributed by atoms with Crippen molar-refractivity contribution in [1.82, 2.24) is 5.32 Å². The molecule has 0 aliphatic rings. The number of thioether (sulfide) groups is 1. The van der Waals surface area contributed by atoms with Crippen LogP contribution in [0, 0.1) is 0 Å². The third-order valence-electron chi connectivity index (χ3n) is 3.40. The first kappa shape index (κ1) is 21.1. The molecule has 0 saturated carbocycles. The van der Waals surface area contributed by atoms with Crippen molar-refractivity contribution >= 4 is 46.0 Å². The largest absolute Gasteiger partial charge is 0.353 e. The van der Waals surface area contributed by atoms with Crippen LogP contribution < -0.4 is 5.32 Å². The molecule has 0 radical (unpaired) electrons. The molecule has 0 aliphatic carbocycles. The quantitative estimate of drug-likeness (QED) is 0.404. The molecule has 0 bridgehead atoms. The Kier molecular flexibility index (Phi) is 10.9. The molecule has 0 fully saturated rings. The summed E-state index contributed by atoms with van der Waals surface area (Å²) in [6, 6.07) is 4.89. The van der Waals surface area contributed by atoms with E-state index in [-0.39, 0.29) is 16.0 Å². The summed E-state index contributed by atoms with van der Waals surface area (Å²) in [6.45, 7) is 2.85. The predicted molar refractivity (Wildman–Crippen MR) is 104 cm³/mol. The Hall–Kier alpha value is -0.970. The van der Waals surface area contributed by atoms with Crippen molar-refractivity contribution in [3.8, 4) is 0 Å². The summed E-state index contributed by atoms with van der Waals surface area (Å²) in [6.07, 6.45) is 8.45. The second kappa shape index (κ2) is 12.4. The number of unbranched alkanes of at least 4 members (excludes halogenated alkanes) is 5. The first-order chi connectivity index (χ1) is 11.6. The lowest BCUT2D eigenvalue weighted by Crippen LogP contribution is -2.21. The van der Waals surface area contributed by atoms with Crippen molar-refractivity contribution in [3.63, 3.8) is 0 Å². The first-order valence-electron chi connectivity index (χ1n) is 8.15. The van der Waals surface area contributed by atoms with Gasteiger partial charge in [-0.25, -0.2) is 0 Å². The maximum absolute atomic E-state index is 12.0. The molecule has 0 saturated heterocycles. The van der Waals surface area contributed by atoms with Crippen molar-refractivity contribution in [2.75, 3.05) is 6.54 Å². The van der Waals surface area contributed by atoms with Gasteiger partial charge in [-0.2, -0.15) is 0 Å². The Labute approximate surface area is 158 Å². The highest BCUT2D eigenvalue weighted by atomic mass is 35.5. The molecule has 1 aromatic carbocycles. The van der Waals surface area contributed by atoms with E-state index in [9.17, 15) is 9.59 Å². The fourth-order valence-electron chi connectivity index (χ4n) is 2.06. The van der Waals surface area contributed by atoms with Crippen molar-refractivity contribution in [2.24, 2.45) is 0 Å². The van der Waals surface area contributed by atoms with E-state index in [4.69, 9.17) is 23.2 Å². The molecular weight excluding hydrogens is 365 g/mol. The number of hydrogen-bond donors (Lipinski definition) is 1. The third kappa shape index (κ3) is 8.22. The zero-order chi connectivity index (χ0) is 17.8. The molecule has 1 amide bonds. The molecule has 24 heavy (non-hydrogen) atoms. The van der Waals surface area contributed by atoms with Crippen LogP contribution in [-0.2, 0) is 4.79 Å². The topological polar surface area (TPSA) is 46.2 Å². The van der Waals surface area contributed by atoms with E-state index in [2.05, 4.69) is 12.2 Å². The van der Waals surface area contributed by atoms with Crippen LogP contribution in [0.5, 0.6) is 0 Å². The van der Waals surface area contributed by atoms with Gasteiger partial charge in [0, 0.05) is 18.2 Å². The second-order valence-corrected chi connectivity index (χ2v) is 7.03. The SMILES string of the molecule is CCCCCCCCNC(=O)/C=C\SC(=O)c1cccc(Cl)c1Cl. The smallest absolute Gasteiger partial charge is 0.244 e. The van der Waals surface area contributed by atoms with E-state index in [1.165, 1.54) is 37.2 Å². The van der Waals surface area contributed by atoms with Gasteiger partial charge in [0.2, 0.25) is 11.0 Å². The standard InChI is InChI=1S/C18H23Cl2NO2S/c1-2-3-4-5-6-7-12-21-16(22)11-13-24-18(23)14-9-8-10-15(19)17(14)20/h8-11,13H,2-7,12H2,1H3,(H,21,22)/b13-11-. The van der Waals surface area contributed by atoms with E-state index in [1.807, 2.05) is 0 Å². The summed E-state index contributed by atoms with van der Waals surface area (Å²) in [5, 5.41) is 4.60. The molecular formula is C18H23Cl2NO2S. The molecule has 0 aromatic heterocycles. The minimum atomic E-state index is -0.248. The number of carbonyl (C=O) groups is 2. The van der Waals surface area contributed by atoms with Gasteiger partial charge in [0.25, 0.3) is 0 Å². The van der Waals surface area contributed by atoms with Crippen molar-refractivity contribution in [3.05, 3.63) is 45.3 Å². The van der Waals surface area contributed by atoms with Crippen LogP contribution in [0.4, 0.5) is 0 Å². The van der Waals surface area contributed by atoms with Gasteiger partial charge in [-0.05, 0) is 24.0 Å².